The molecule has 0 heterocycles. The number of phenols is 1. The van der Waals surface area contributed by atoms with E-state index in [-0.39, 0.29) is 5.75 Å². The Morgan fingerprint density at radius 3 is 2.67 bits per heavy atom. The molecule has 0 amide bonds. The van der Waals surface area contributed by atoms with E-state index in [0.717, 1.165) is 17.7 Å². The highest BCUT2D eigenvalue weighted by Crippen LogP contribution is 2.24. The first-order valence-corrected chi connectivity index (χ1v) is 6.37. The molecule has 0 aliphatic carbocycles. The van der Waals surface area contributed by atoms with E-state index in [1.54, 1.807) is 12.1 Å². The van der Waals surface area contributed by atoms with E-state index in [2.05, 4.69) is 24.4 Å². The number of phenolic OH excluding ortho intramolecular Hbond substituents is 1. The van der Waals surface area contributed by atoms with Crippen LogP contribution in [0.2, 0.25) is 5.02 Å². The molecule has 18 heavy (non-hydrogen) atoms. The number of benzene rings is 2. The summed E-state index contributed by atoms with van der Waals surface area (Å²) >= 11 is 5.87. The predicted molar refractivity (Wildman–Crippen MR) is 76.3 cm³/mol. The molecule has 0 saturated heterocycles. The maximum Gasteiger partial charge on any atom is 0.134 e. The first-order valence-electron chi connectivity index (χ1n) is 5.99. The number of hydrogen-bond acceptors (Lipinski definition) is 2. The van der Waals surface area contributed by atoms with E-state index in [9.17, 15) is 5.11 Å². The molecule has 3 heteroatoms. The third-order valence-electron chi connectivity index (χ3n) is 2.84. The average Bonchev–Trinajstić information content (AvgIpc) is 2.40. The number of anilines is 1. The molecule has 2 aromatic carbocycles. The van der Waals surface area contributed by atoms with Crippen molar-refractivity contribution in [3.8, 4) is 5.75 Å². The van der Waals surface area contributed by atoms with Gasteiger partial charge in [0.25, 0.3) is 0 Å². The summed E-state index contributed by atoms with van der Waals surface area (Å²) in [6, 6.07) is 13.6. The molecule has 0 unspecified atom stereocenters. The normalized spacial score (nSPS) is 10.3. The zero-order valence-corrected chi connectivity index (χ0v) is 11.0. The van der Waals surface area contributed by atoms with Crippen LogP contribution in [-0.4, -0.2) is 5.11 Å². The van der Waals surface area contributed by atoms with Crippen LogP contribution in [0, 0.1) is 0 Å². The number of nitrogens with one attached hydrogen (secondary N) is 1. The highest BCUT2D eigenvalue weighted by atomic mass is 35.5. The second kappa shape index (κ2) is 5.78. The molecule has 0 spiro atoms. The summed E-state index contributed by atoms with van der Waals surface area (Å²) in [6.07, 6.45) is 1.03. The minimum absolute atomic E-state index is 0.119. The molecular weight excluding hydrogens is 246 g/mol. The summed E-state index contributed by atoms with van der Waals surface area (Å²) in [4.78, 5) is 0. The molecule has 0 aliphatic rings. The van der Waals surface area contributed by atoms with Crippen molar-refractivity contribution in [2.24, 2.45) is 0 Å². The summed E-state index contributed by atoms with van der Waals surface area (Å²) in [5, 5.41) is 13.1. The van der Waals surface area contributed by atoms with Gasteiger partial charge < -0.3 is 10.4 Å². The van der Waals surface area contributed by atoms with E-state index in [0.29, 0.717) is 11.6 Å². The lowest BCUT2D eigenvalue weighted by atomic mass is 10.1. The number of hydrogen-bond donors (Lipinski definition) is 2. The van der Waals surface area contributed by atoms with Gasteiger partial charge in [-0.05, 0) is 41.8 Å². The van der Waals surface area contributed by atoms with Gasteiger partial charge in [-0.1, -0.05) is 36.7 Å². The minimum Gasteiger partial charge on any atom is -0.506 e. The lowest BCUT2D eigenvalue weighted by molar-refractivity contribution is 0.475. The van der Waals surface area contributed by atoms with E-state index in [1.807, 2.05) is 18.2 Å². The van der Waals surface area contributed by atoms with Crippen LogP contribution >= 0.6 is 11.6 Å². The summed E-state index contributed by atoms with van der Waals surface area (Å²) < 4.78 is 0. The van der Waals surface area contributed by atoms with Gasteiger partial charge in [0.15, 0.2) is 0 Å². The van der Waals surface area contributed by atoms with Gasteiger partial charge >= 0.3 is 0 Å². The van der Waals surface area contributed by atoms with Crippen LogP contribution in [0.3, 0.4) is 0 Å². The van der Waals surface area contributed by atoms with Crippen LogP contribution in [0.1, 0.15) is 18.1 Å². The summed E-state index contributed by atoms with van der Waals surface area (Å²) in [7, 11) is 0. The second-order valence-corrected chi connectivity index (χ2v) is 4.60. The van der Waals surface area contributed by atoms with Gasteiger partial charge in [0.2, 0.25) is 0 Å². The molecule has 2 nitrogen and oxygen atoms in total. The molecule has 2 aromatic rings. The monoisotopic (exact) mass is 261 g/mol. The van der Waals surface area contributed by atoms with Crippen LogP contribution in [0.4, 0.5) is 5.69 Å². The Kier molecular flexibility index (Phi) is 4.11. The predicted octanol–water partition coefficient (Wildman–Crippen LogP) is 4.22. The molecule has 0 aliphatic heterocycles. The first kappa shape index (κ1) is 12.8. The second-order valence-electron chi connectivity index (χ2n) is 4.19. The standard InChI is InChI=1S/C15H16ClNO/c1-2-11-4-3-5-13(8-11)17-10-12-6-7-15(18)14(16)9-12/h3-9,17-18H,2,10H2,1H3. The zero-order valence-electron chi connectivity index (χ0n) is 10.3. The van der Waals surface area contributed by atoms with Gasteiger partial charge in [-0.15, -0.1) is 0 Å². The van der Waals surface area contributed by atoms with Crippen molar-refractivity contribution in [3.05, 3.63) is 58.6 Å². The van der Waals surface area contributed by atoms with Crippen LogP contribution in [0.15, 0.2) is 42.5 Å². The number of aryl methyl sites for hydroxylation is 1. The number of rotatable bonds is 4. The molecule has 0 fully saturated rings. The zero-order chi connectivity index (χ0) is 13.0. The molecule has 0 aromatic heterocycles. The van der Waals surface area contributed by atoms with Crippen molar-refractivity contribution in [2.75, 3.05) is 5.32 Å². The molecule has 0 atom stereocenters. The van der Waals surface area contributed by atoms with Gasteiger partial charge in [-0.25, -0.2) is 0 Å². The summed E-state index contributed by atoms with van der Waals surface area (Å²) in [6.45, 7) is 2.83. The third kappa shape index (κ3) is 3.17. The number of halogens is 1. The van der Waals surface area contributed by atoms with Crippen LogP contribution < -0.4 is 5.32 Å². The van der Waals surface area contributed by atoms with Crippen molar-refractivity contribution < 1.29 is 5.11 Å². The number of aromatic hydroxyl groups is 1. The third-order valence-corrected chi connectivity index (χ3v) is 3.15. The topological polar surface area (TPSA) is 32.3 Å². The van der Waals surface area contributed by atoms with Crippen molar-refractivity contribution in [1.29, 1.82) is 0 Å². The fourth-order valence-electron chi connectivity index (χ4n) is 1.77. The van der Waals surface area contributed by atoms with Gasteiger partial charge in [0.1, 0.15) is 5.75 Å². The van der Waals surface area contributed by atoms with Crippen molar-refractivity contribution >= 4 is 17.3 Å². The molecule has 0 saturated carbocycles. The lowest BCUT2D eigenvalue weighted by Gasteiger charge is -2.08. The van der Waals surface area contributed by atoms with E-state index < -0.39 is 0 Å². The van der Waals surface area contributed by atoms with Crippen LogP contribution in [0.25, 0.3) is 0 Å². The Bertz CT molecular complexity index is 540. The van der Waals surface area contributed by atoms with E-state index in [1.165, 1.54) is 5.56 Å². The van der Waals surface area contributed by atoms with Crippen LogP contribution in [-0.2, 0) is 13.0 Å². The molecule has 2 N–H and O–H groups in total. The Balaban J connectivity index is 2.04. The lowest BCUT2D eigenvalue weighted by Crippen LogP contribution is -1.99. The Morgan fingerprint density at radius 2 is 1.94 bits per heavy atom. The highest BCUT2D eigenvalue weighted by molar-refractivity contribution is 6.32. The fraction of sp³-hybridized carbons (Fsp3) is 0.200. The molecule has 0 bridgehead atoms. The van der Waals surface area contributed by atoms with Crippen molar-refractivity contribution in [2.45, 2.75) is 19.9 Å². The van der Waals surface area contributed by atoms with E-state index in [4.69, 9.17) is 11.6 Å². The van der Waals surface area contributed by atoms with Gasteiger partial charge in [-0.3, -0.25) is 0 Å². The summed E-state index contributed by atoms with van der Waals surface area (Å²) in [5.74, 6) is 0.119. The van der Waals surface area contributed by atoms with Gasteiger partial charge in [0, 0.05) is 12.2 Å². The van der Waals surface area contributed by atoms with Crippen molar-refractivity contribution in [1.82, 2.24) is 0 Å². The molecule has 0 radical (unpaired) electrons. The summed E-state index contributed by atoms with van der Waals surface area (Å²) in [5.41, 5.74) is 3.45. The highest BCUT2D eigenvalue weighted by Gasteiger charge is 2.00. The smallest absolute Gasteiger partial charge is 0.134 e. The maximum atomic E-state index is 9.34. The van der Waals surface area contributed by atoms with Gasteiger partial charge in [0.05, 0.1) is 5.02 Å². The maximum absolute atomic E-state index is 9.34. The largest absolute Gasteiger partial charge is 0.506 e. The van der Waals surface area contributed by atoms with Crippen LogP contribution in [0.5, 0.6) is 5.75 Å². The molecule has 2 rings (SSSR count). The SMILES string of the molecule is CCc1cccc(NCc2ccc(O)c(Cl)c2)c1. The van der Waals surface area contributed by atoms with Gasteiger partial charge in [-0.2, -0.15) is 0 Å². The Morgan fingerprint density at radius 1 is 1.11 bits per heavy atom. The Labute approximate surface area is 112 Å². The minimum atomic E-state index is 0.119. The van der Waals surface area contributed by atoms with Crippen molar-refractivity contribution in [3.63, 3.8) is 0 Å². The molecular formula is C15H16ClNO. The Hall–Kier alpha value is -1.67. The first-order chi connectivity index (χ1) is 8.69. The quantitative estimate of drug-likeness (QED) is 0.864. The molecule has 94 valence electrons. The fourth-order valence-corrected chi connectivity index (χ4v) is 1.97. The average molecular weight is 262 g/mol. The van der Waals surface area contributed by atoms with E-state index >= 15 is 0 Å².